The third-order valence-corrected chi connectivity index (χ3v) is 2.61. The Morgan fingerprint density at radius 3 is 2.53 bits per heavy atom. The second kappa shape index (κ2) is 10.4. The molecule has 0 saturated carbocycles. The van der Waals surface area contributed by atoms with E-state index in [-0.39, 0.29) is 0 Å². The Morgan fingerprint density at radius 2 is 2.00 bits per heavy atom. The van der Waals surface area contributed by atoms with Crippen LogP contribution >= 0.6 is 0 Å². The number of aliphatic hydroxyl groups excluding tert-OH is 1. The van der Waals surface area contributed by atoms with Crippen LogP contribution in [0.25, 0.3) is 0 Å². The SMILES string of the molecule is CCCC(CCO)CNCC(C)COC. The highest BCUT2D eigenvalue weighted by atomic mass is 16.5. The second-order valence-electron chi connectivity index (χ2n) is 4.39. The lowest BCUT2D eigenvalue weighted by Crippen LogP contribution is -2.29. The molecule has 15 heavy (non-hydrogen) atoms. The van der Waals surface area contributed by atoms with Crippen LogP contribution in [-0.4, -0.2) is 38.5 Å². The molecule has 0 rings (SSSR count). The number of hydrogen-bond donors (Lipinski definition) is 2. The molecule has 2 unspecified atom stereocenters. The summed E-state index contributed by atoms with van der Waals surface area (Å²) in [6, 6.07) is 0. The van der Waals surface area contributed by atoms with Crippen molar-refractivity contribution in [3.8, 4) is 0 Å². The predicted octanol–water partition coefficient (Wildman–Crippen LogP) is 1.66. The van der Waals surface area contributed by atoms with Crippen LogP contribution in [0.1, 0.15) is 33.1 Å². The average Bonchev–Trinajstić information content (AvgIpc) is 2.19. The van der Waals surface area contributed by atoms with Gasteiger partial charge in [0, 0.05) is 20.3 Å². The summed E-state index contributed by atoms with van der Waals surface area (Å²) in [4.78, 5) is 0. The van der Waals surface area contributed by atoms with E-state index in [1.807, 2.05) is 0 Å². The molecule has 2 atom stereocenters. The normalized spacial score (nSPS) is 15.2. The van der Waals surface area contributed by atoms with Gasteiger partial charge in [-0.05, 0) is 37.8 Å². The van der Waals surface area contributed by atoms with E-state index >= 15 is 0 Å². The summed E-state index contributed by atoms with van der Waals surface area (Å²) < 4.78 is 5.08. The van der Waals surface area contributed by atoms with Gasteiger partial charge in [0.15, 0.2) is 0 Å². The summed E-state index contributed by atoms with van der Waals surface area (Å²) in [6.45, 7) is 7.50. The number of hydrogen-bond acceptors (Lipinski definition) is 3. The minimum Gasteiger partial charge on any atom is -0.396 e. The Balaban J connectivity index is 3.51. The van der Waals surface area contributed by atoms with Crippen molar-refractivity contribution in [2.45, 2.75) is 33.1 Å². The first-order valence-electron chi connectivity index (χ1n) is 6.05. The molecule has 0 bridgehead atoms. The van der Waals surface area contributed by atoms with Crippen LogP contribution in [0.3, 0.4) is 0 Å². The highest BCUT2D eigenvalue weighted by molar-refractivity contribution is 4.63. The summed E-state index contributed by atoms with van der Waals surface area (Å²) in [7, 11) is 1.74. The molecule has 0 aliphatic rings. The first-order chi connectivity index (χ1) is 7.24. The number of aliphatic hydroxyl groups is 1. The number of ether oxygens (including phenoxy) is 1. The van der Waals surface area contributed by atoms with Gasteiger partial charge in [0.2, 0.25) is 0 Å². The topological polar surface area (TPSA) is 41.5 Å². The van der Waals surface area contributed by atoms with E-state index in [1.165, 1.54) is 12.8 Å². The van der Waals surface area contributed by atoms with Crippen molar-refractivity contribution in [1.29, 1.82) is 0 Å². The molecule has 0 fully saturated rings. The van der Waals surface area contributed by atoms with Gasteiger partial charge in [0.25, 0.3) is 0 Å². The third kappa shape index (κ3) is 8.85. The van der Waals surface area contributed by atoms with Gasteiger partial charge in [0.1, 0.15) is 0 Å². The van der Waals surface area contributed by atoms with Gasteiger partial charge in [0.05, 0.1) is 0 Å². The van der Waals surface area contributed by atoms with E-state index in [0.29, 0.717) is 18.4 Å². The van der Waals surface area contributed by atoms with Gasteiger partial charge in [-0.1, -0.05) is 20.3 Å². The maximum Gasteiger partial charge on any atom is 0.0499 e. The highest BCUT2D eigenvalue weighted by Gasteiger charge is 2.07. The quantitative estimate of drug-likeness (QED) is 0.585. The number of nitrogens with one attached hydrogen (secondary N) is 1. The van der Waals surface area contributed by atoms with Crippen LogP contribution in [-0.2, 0) is 4.74 Å². The van der Waals surface area contributed by atoms with Gasteiger partial charge in [-0.2, -0.15) is 0 Å². The lowest BCUT2D eigenvalue weighted by molar-refractivity contribution is 0.157. The fourth-order valence-corrected chi connectivity index (χ4v) is 1.82. The third-order valence-electron chi connectivity index (χ3n) is 2.61. The monoisotopic (exact) mass is 217 g/mol. The van der Waals surface area contributed by atoms with Crippen LogP contribution in [0.15, 0.2) is 0 Å². The zero-order chi connectivity index (χ0) is 11.5. The largest absolute Gasteiger partial charge is 0.396 e. The molecule has 0 heterocycles. The summed E-state index contributed by atoms with van der Waals surface area (Å²) >= 11 is 0. The lowest BCUT2D eigenvalue weighted by atomic mass is 10.00. The van der Waals surface area contributed by atoms with E-state index in [0.717, 1.165) is 26.1 Å². The van der Waals surface area contributed by atoms with Crippen molar-refractivity contribution >= 4 is 0 Å². The van der Waals surface area contributed by atoms with Crippen molar-refractivity contribution in [3.63, 3.8) is 0 Å². The van der Waals surface area contributed by atoms with Gasteiger partial charge in [-0.3, -0.25) is 0 Å². The number of methoxy groups -OCH3 is 1. The Kier molecular flexibility index (Phi) is 10.3. The predicted molar refractivity (Wildman–Crippen MR) is 64.0 cm³/mol. The van der Waals surface area contributed by atoms with E-state index in [9.17, 15) is 0 Å². The first-order valence-corrected chi connectivity index (χ1v) is 6.05. The van der Waals surface area contributed by atoms with Gasteiger partial charge in [-0.25, -0.2) is 0 Å². The van der Waals surface area contributed by atoms with E-state index in [2.05, 4.69) is 19.2 Å². The van der Waals surface area contributed by atoms with Crippen LogP contribution in [0.4, 0.5) is 0 Å². The molecule has 0 radical (unpaired) electrons. The standard InChI is InChI=1S/C12H27NO2/c1-4-5-12(6-7-14)9-13-8-11(2)10-15-3/h11-14H,4-10H2,1-3H3. The van der Waals surface area contributed by atoms with Crippen LogP contribution in [0.5, 0.6) is 0 Å². The molecule has 0 aromatic rings. The van der Waals surface area contributed by atoms with Crippen molar-refractivity contribution < 1.29 is 9.84 Å². The van der Waals surface area contributed by atoms with E-state index in [4.69, 9.17) is 9.84 Å². The highest BCUT2D eigenvalue weighted by Crippen LogP contribution is 2.09. The maximum absolute atomic E-state index is 8.91. The van der Waals surface area contributed by atoms with Crippen molar-refractivity contribution in [1.82, 2.24) is 5.32 Å². The molecule has 0 amide bonds. The minimum absolute atomic E-state index is 0.306. The van der Waals surface area contributed by atoms with Crippen molar-refractivity contribution in [3.05, 3.63) is 0 Å². The first kappa shape index (κ1) is 14.9. The average molecular weight is 217 g/mol. The lowest BCUT2D eigenvalue weighted by Gasteiger charge is -2.17. The Labute approximate surface area is 94.2 Å². The molecule has 0 aromatic carbocycles. The zero-order valence-corrected chi connectivity index (χ0v) is 10.5. The van der Waals surface area contributed by atoms with Crippen LogP contribution < -0.4 is 5.32 Å². The molecule has 0 saturated heterocycles. The van der Waals surface area contributed by atoms with E-state index < -0.39 is 0 Å². The summed E-state index contributed by atoms with van der Waals surface area (Å²) in [5.74, 6) is 1.18. The van der Waals surface area contributed by atoms with Crippen LogP contribution in [0, 0.1) is 11.8 Å². The molecule has 0 aliphatic carbocycles. The Morgan fingerprint density at radius 1 is 1.27 bits per heavy atom. The summed E-state index contributed by atoms with van der Waals surface area (Å²) in [5, 5.41) is 12.4. The molecule has 0 spiro atoms. The molecule has 3 nitrogen and oxygen atoms in total. The smallest absolute Gasteiger partial charge is 0.0499 e. The van der Waals surface area contributed by atoms with E-state index in [1.54, 1.807) is 7.11 Å². The molecular weight excluding hydrogens is 190 g/mol. The van der Waals surface area contributed by atoms with Gasteiger partial charge in [-0.15, -0.1) is 0 Å². The second-order valence-corrected chi connectivity index (χ2v) is 4.39. The van der Waals surface area contributed by atoms with Crippen LogP contribution in [0.2, 0.25) is 0 Å². The van der Waals surface area contributed by atoms with Crippen molar-refractivity contribution in [2.75, 3.05) is 33.4 Å². The molecule has 0 aromatic heterocycles. The molecule has 92 valence electrons. The maximum atomic E-state index is 8.91. The molecule has 0 aliphatic heterocycles. The Hall–Kier alpha value is -0.120. The van der Waals surface area contributed by atoms with Gasteiger partial charge >= 0.3 is 0 Å². The van der Waals surface area contributed by atoms with Crippen molar-refractivity contribution in [2.24, 2.45) is 11.8 Å². The summed E-state index contributed by atoms with van der Waals surface area (Å²) in [5.41, 5.74) is 0. The molecule has 2 N–H and O–H groups in total. The molecular formula is C12H27NO2. The Bertz CT molecular complexity index is 125. The molecule has 3 heteroatoms. The fourth-order valence-electron chi connectivity index (χ4n) is 1.82. The van der Waals surface area contributed by atoms with Gasteiger partial charge < -0.3 is 15.2 Å². The zero-order valence-electron chi connectivity index (χ0n) is 10.5. The minimum atomic E-state index is 0.306. The summed E-state index contributed by atoms with van der Waals surface area (Å²) in [6.07, 6.45) is 3.31. The number of rotatable bonds is 10. The fraction of sp³-hybridized carbons (Fsp3) is 1.00.